The molecule has 1 saturated heterocycles. The molecule has 2 rings (SSSR count). The van der Waals surface area contributed by atoms with Crippen molar-refractivity contribution in [2.24, 2.45) is 0 Å². The number of methoxy groups -OCH3 is 1. The Bertz CT molecular complexity index is 799. The highest BCUT2D eigenvalue weighted by atomic mass is 32.2. The third kappa shape index (κ3) is 4.74. The molecule has 1 aromatic carbocycles. The van der Waals surface area contributed by atoms with Gasteiger partial charge in [0.2, 0.25) is 10.0 Å². The highest BCUT2D eigenvalue weighted by molar-refractivity contribution is 7.89. The Labute approximate surface area is 153 Å². The summed E-state index contributed by atoms with van der Waals surface area (Å²) in [6.45, 7) is 1.71. The lowest BCUT2D eigenvalue weighted by Gasteiger charge is -2.21. The van der Waals surface area contributed by atoms with E-state index in [1.807, 2.05) is 0 Å². The number of hydrogen-bond donors (Lipinski definition) is 1. The first-order chi connectivity index (χ1) is 12.4. The number of terminal acetylenes is 1. The quantitative estimate of drug-likeness (QED) is 0.769. The van der Waals surface area contributed by atoms with Gasteiger partial charge in [0.15, 0.2) is 0 Å². The van der Waals surface area contributed by atoms with Crippen molar-refractivity contribution in [1.29, 1.82) is 0 Å². The number of carbonyl (C=O) groups is 2. The summed E-state index contributed by atoms with van der Waals surface area (Å²) in [7, 11) is -2.37. The number of hydrogen-bond acceptors (Lipinski definition) is 5. The first-order valence-corrected chi connectivity index (χ1v) is 9.52. The van der Waals surface area contributed by atoms with Gasteiger partial charge in [0.25, 0.3) is 5.91 Å². The van der Waals surface area contributed by atoms with Gasteiger partial charge in [-0.3, -0.25) is 4.79 Å². The number of nitrogens with one attached hydrogen (secondary N) is 1. The third-order valence-corrected chi connectivity index (χ3v) is 5.41. The molecule has 0 radical (unpaired) electrons. The van der Waals surface area contributed by atoms with Gasteiger partial charge < -0.3 is 14.5 Å². The van der Waals surface area contributed by atoms with Crippen molar-refractivity contribution in [3.8, 4) is 12.3 Å². The Balaban J connectivity index is 2.06. The summed E-state index contributed by atoms with van der Waals surface area (Å²) in [5, 5.41) is 0. The van der Waals surface area contributed by atoms with Crippen LogP contribution in [-0.4, -0.2) is 70.1 Å². The summed E-state index contributed by atoms with van der Waals surface area (Å²) >= 11 is 0. The Morgan fingerprint density at radius 2 is 1.77 bits per heavy atom. The fraction of sp³-hybridized carbons (Fsp3) is 0.412. The number of carbonyl (C=O) groups excluding carboxylic acids is 2. The van der Waals surface area contributed by atoms with E-state index in [4.69, 9.17) is 11.2 Å². The smallest absolute Gasteiger partial charge is 0.409 e. The maximum Gasteiger partial charge on any atom is 0.409 e. The maximum absolute atomic E-state index is 12.6. The third-order valence-electron chi connectivity index (χ3n) is 3.99. The van der Waals surface area contributed by atoms with Gasteiger partial charge in [-0.25, -0.2) is 13.2 Å². The standard InChI is InChI=1S/C17H21N3O5S/c1-3-9-18-26(23,24)15-7-5-14(6-8-15)16(21)19-10-4-11-20(13-12-19)17(22)25-2/h1,5-8,18H,4,9-13H2,2H3. The number of nitrogens with zero attached hydrogens (tertiary/aromatic N) is 2. The minimum absolute atomic E-state index is 0.0389. The molecule has 1 heterocycles. The molecule has 26 heavy (non-hydrogen) atoms. The molecular formula is C17H21N3O5S. The van der Waals surface area contributed by atoms with Gasteiger partial charge in [0, 0.05) is 31.7 Å². The topological polar surface area (TPSA) is 96.0 Å². The number of rotatable bonds is 4. The van der Waals surface area contributed by atoms with Crippen molar-refractivity contribution in [2.75, 3.05) is 39.8 Å². The normalized spacial score (nSPS) is 15.1. The van der Waals surface area contributed by atoms with Gasteiger partial charge in [-0.1, -0.05) is 5.92 Å². The van der Waals surface area contributed by atoms with E-state index in [9.17, 15) is 18.0 Å². The molecule has 8 nitrogen and oxygen atoms in total. The van der Waals surface area contributed by atoms with E-state index in [0.717, 1.165) is 0 Å². The molecule has 0 spiro atoms. The summed E-state index contributed by atoms with van der Waals surface area (Å²) in [6.07, 6.45) is 5.28. The monoisotopic (exact) mass is 379 g/mol. The zero-order valence-corrected chi connectivity index (χ0v) is 15.3. The fourth-order valence-corrected chi connectivity index (χ4v) is 3.55. The first-order valence-electron chi connectivity index (χ1n) is 8.04. The molecule has 140 valence electrons. The van der Waals surface area contributed by atoms with E-state index in [1.54, 1.807) is 9.80 Å². The average Bonchev–Trinajstić information content (AvgIpc) is 2.91. The second-order valence-corrected chi connectivity index (χ2v) is 7.42. The number of ether oxygens (including phenoxy) is 1. The molecule has 0 atom stereocenters. The summed E-state index contributed by atoms with van der Waals surface area (Å²) in [5.74, 6) is 1.99. The van der Waals surface area contributed by atoms with Crippen LogP contribution in [0.3, 0.4) is 0 Å². The Morgan fingerprint density at radius 3 is 2.38 bits per heavy atom. The second kappa shape index (κ2) is 8.69. The predicted molar refractivity (Wildman–Crippen MR) is 95.0 cm³/mol. The van der Waals surface area contributed by atoms with Crippen LogP contribution in [0.4, 0.5) is 4.79 Å². The van der Waals surface area contributed by atoms with Crippen LogP contribution in [0.2, 0.25) is 0 Å². The van der Waals surface area contributed by atoms with Crippen LogP contribution in [-0.2, 0) is 14.8 Å². The molecule has 0 aliphatic carbocycles. The number of sulfonamides is 1. The molecule has 0 aromatic heterocycles. The summed E-state index contributed by atoms with van der Waals surface area (Å²) in [5.41, 5.74) is 0.382. The minimum atomic E-state index is -3.69. The van der Waals surface area contributed by atoms with Gasteiger partial charge >= 0.3 is 6.09 Å². The predicted octanol–water partition coefficient (Wildman–Crippen LogP) is 0.512. The van der Waals surface area contributed by atoms with E-state index in [1.165, 1.54) is 31.4 Å². The van der Waals surface area contributed by atoms with Crippen LogP contribution in [0.1, 0.15) is 16.8 Å². The second-order valence-electron chi connectivity index (χ2n) is 5.66. The van der Waals surface area contributed by atoms with E-state index < -0.39 is 16.1 Å². The molecule has 1 N–H and O–H groups in total. The molecule has 1 aromatic rings. The molecule has 1 aliphatic heterocycles. The van der Waals surface area contributed by atoms with Gasteiger partial charge in [0.05, 0.1) is 18.6 Å². The molecule has 1 aliphatic rings. The van der Waals surface area contributed by atoms with E-state index in [2.05, 4.69) is 10.6 Å². The summed E-state index contributed by atoms with van der Waals surface area (Å²) in [4.78, 5) is 27.5. The molecule has 2 amide bonds. The van der Waals surface area contributed by atoms with Crippen molar-refractivity contribution in [2.45, 2.75) is 11.3 Å². The minimum Gasteiger partial charge on any atom is -0.453 e. The number of amides is 2. The highest BCUT2D eigenvalue weighted by Crippen LogP contribution is 2.14. The van der Waals surface area contributed by atoms with Crippen molar-refractivity contribution < 1.29 is 22.7 Å². The average molecular weight is 379 g/mol. The van der Waals surface area contributed by atoms with Crippen LogP contribution in [0.5, 0.6) is 0 Å². The molecular weight excluding hydrogens is 358 g/mol. The van der Waals surface area contributed by atoms with Gasteiger partial charge in [-0.2, -0.15) is 4.72 Å². The zero-order valence-electron chi connectivity index (χ0n) is 14.5. The van der Waals surface area contributed by atoms with Gasteiger partial charge in [-0.15, -0.1) is 6.42 Å². The Hall–Kier alpha value is -2.57. The SMILES string of the molecule is C#CCNS(=O)(=O)c1ccc(C(=O)N2CCCN(C(=O)OC)CC2)cc1. The lowest BCUT2D eigenvalue weighted by molar-refractivity contribution is 0.0757. The van der Waals surface area contributed by atoms with Crippen molar-refractivity contribution in [3.05, 3.63) is 29.8 Å². The van der Waals surface area contributed by atoms with Crippen LogP contribution >= 0.6 is 0 Å². The first kappa shape index (κ1) is 19.8. The number of benzene rings is 1. The van der Waals surface area contributed by atoms with Crippen molar-refractivity contribution in [1.82, 2.24) is 14.5 Å². The lowest BCUT2D eigenvalue weighted by atomic mass is 10.2. The highest BCUT2D eigenvalue weighted by Gasteiger charge is 2.23. The van der Waals surface area contributed by atoms with Crippen LogP contribution in [0, 0.1) is 12.3 Å². The molecule has 0 unspecified atom stereocenters. The Kier molecular flexibility index (Phi) is 6.60. The zero-order chi connectivity index (χ0) is 19.2. The molecule has 0 bridgehead atoms. The molecule has 9 heteroatoms. The van der Waals surface area contributed by atoms with E-state index in [0.29, 0.717) is 38.2 Å². The van der Waals surface area contributed by atoms with Crippen LogP contribution in [0.25, 0.3) is 0 Å². The maximum atomic E-state index is 12.6. The molecule has 0 saturated carbocycles. The van der Waals surface area contributed by atoms with Crippen LogP contribution < -0.4 is 4.72 Å². The van der Waals surface area contributed by atoms with E-state index in [-0.39, 0.29) is 17.3 Å². The van der Waals surface area contributed by atoms with Crippen molar-refractivity contribution in [3.63, 3.8) is 0 Å². The lowest BCUT2D eigenvalue weighted by Crippen LogP contribution is -2.37. The molecule has 1 fully saturated rings. The van der Waals surface area contributed by atoms with Crippen molar-refractivity contribution >= 4 is 22.0 Å². The fourth-order valence-electron chi connectivity index (χ4n) is 2.61. The summed E-state index contributed by atoms with van der Waals surface area (Å²) in [6, 6.07) is 5.67. The van der Waals surface area contributed by atoms with Gasteiger partial charge in [-0.05, 0) is 30.7 Å². The van der Waals surface area contributed by atoms with Crippen LogP contribution in [0.15, 0.2) is 29.2 Å². The summed E-state index contributed by atoms with van der Waals surface area (Å²) < 4.78 is 31.0. The van der Waals surface area contributed by atoms with E-state index >= 15 is 0 Å². The largest absolute Gasteiger partial charge is 0.453 e. The Morgan fingerprint density at radius 1 is 1.15 bits per heavy atom. The van der Waals surface area contributed by atoms with Gasteiger partial charge in [0.1, 0.15) is 0 Å².